The highest BCUT2D eigenvalue weighted by Crippen LogP contribution is 2.27. The second-order valence-corrected chi connectivity index (χ2v) is 5.62. The smallest absolute Gasteiger partial charge is 0.252 e. The molecule has 0 atom stereocenters. The maximum absolute atomic E-state index is 11.4. The van der Waals surface area contributed by atoms with Crippen molar-refractivity contribution in [3.05, 3.63) is 33.3 Å². The summed E-state index contributed by atoms with van der Waals surface area (Å²) in [5, 5.41) is 4.46. The van der Waals surface area contributed by atoms with E-state index >= 15 is 0 Å². The van der Waals surface area contributed by atoms with E-state index < -0.39 is 0 Å². The summed E-state index contributed by atoms with van der Waals surface area (Å²) >= 11 is 0. The van der Waals surface area contributed by atoms with Gasteiger partial charge in [-0.3, -0.25) is 9.78 Å². The van der Waals surface area contributed by atoms with Gasteiger partial charge in [0.2, 0.25) is 5.95 Å². The van der Waals surface area contributed by atoms with E-state index in [0.717, 1.165) is 25.0 Å². The van der Waals surface area contributed by atoms with Crippen LogP contribution in [0, 0.1) is 6.92 Å². The lowest BCUT2D eigenvalue weighted by molar-refractivity contribution is 0.720. The average molecular weight is 288 g/mol. The number of hydrogen-bond donors (Lipinski definition) is 2. The van der Waals surface area contributed by atoms with E-state index in [2.05, 4.69) is 34.3 Å². The molecule has 0 saturated heterocycles. The first-order valence-electron chi connectivity index (χ1n) is 7.69. The number of hydrogen-bond acceptors (Lipinski definition) is 4. The van der Waals surface area contributed by atoms with Gasteiger partial charge in [0.05, 0.1) is 5.71 Å². The predicted molar refractivity (Wildman–Crippen MR) is 86.7 cm³/mol. The van der Waals surface area contributed by atoms with Crippen molar-refractivity contribution in [2.75, 3.05) is 5.43 Å². The normalized spacial score (nSPS) is 16.8. The minimum atomic E-state index is -0.161. The Morgan fingerprint density at radius 2 is 2.14 bits per heavy atom. The van der Waals surface area contributed by atoms with Crippen LogP contribution in [-0.4, -0.2) is 15.7 Å². The predicted octanol–water partition coefficient (Wildman–Crippen LogP) is 3.54. The van der Waals surface area contributed by atoms with E-state index in [0.29, 0.717) is 11.6 Å². The maximum atomic E-state index is 11.4. The molecule has 2 N–H and O–H groups in total. The van der Waals surface area contributed by atoms with E-state index in [1.54, 1.807) is 6.92 Å². The number of anilines is 1. The minimum absolute atomic E-state index is 0.161. The van der Waals surface area contributed by atoms with Crippen molar-refractivity contribution < 1.29 is 0 Å². The SMILES string of the molecule is CCCCCC1=C(C)CCC1=NNc1nc(C)cc(=O)[nH]1. The fourth-order valence-corrected chi connectivity index (χ4v) is 2.64. The monoisotopic (exact) mass is 288 g/mol. The summed E-state index contributed by atoms with van der Waals surface area (Å²) in [6.45, 7) is 6.20. The third-order valence-electron chi connectivity index (χ3n) is 3.80. The Hall–Kier alpha value is -1.91. The van der Waals surface area contributed by atoms with Gasteiger partial charge in [-0.15, -0.1) is 0 Å². The Labute approximate surface area is 125 Å². The highest BCUT2D eigenvalue weighted by Gasteiger charge is 2.18. The first-order valence-corrected chi connectivity index (χ1v) is 7.69. The summed E-state index contributed by atoms with van der Waals surface area (Å²) in [5.41, 5.74) is 7.35. The molecule has 1 aliphatic rings. The Kier molecular flexibility index (Phi) is 5.31. The summed E-state index contributed by atoms with van der Waals surface area (Å²) < 4.78 is 0. The summed E-state index contributed by atoms with van der Waals surface area (Å²) in [5.74, 6) is 0.407. The molecule has 0 amide bonds. The van der Waals surface area contributed by atoms with Gasteiger partial charge in [0.25, 0.3) is 5.56 Å². The molecule has 1 aliphatic carbocycles. The van der Waals surface area contributed by atoms with Crippen molar-refractivity contribution in [2.45, 2.75) is 59.3 Å². The van der Waals surface area contributed by atoms with E-state index in [4.69, 9.17) is 0 Å². The molecule has 0 aromatic carbocycles. The van der Waals surface area contributed by atoms with Crippen LogP contribution in [-0.2, 0) is 0 Å². The zero-order chi connectivity index (χ0) is 15.2. The maximum Gasteiger partial charge on any atom is 0.252 e. The highest BCUT2D eigenvalue weighted by atomic mass is 16.1. The van der Waals surface area contributed by atoms with Gasteiger partial charge in [0.1, 0.15) is 0 Å². The van der Waals surface area contributed by atoms with Crippen LogP contribution in [0.5, 0.6) is 0 Å². The number of allylic oxidation sites excluding steroid dienone is 2. The fraction of sp³-hybridized carbons (Fsp3) is 0.562. The average Bonchev–Trinajstić information content (AvgIpc) is 2.77. The number of hydrazone groups is 1. The topological polar surface area (TPSA) is 70.1 Å². The molecule has 114 valence electrons. The summed E-state index contributed by atoms with van der Waals surface area (Å²) in [6.07, 6.45) is 6.84. The molecular weight excluding hydrogens is 264 g/mol. The molecule has 1 aromatic heterocycles. The highest BCUT2D eigenvalue weighted by molar-refractivity contribution is 6.03. The molecule has 0 radical (unpaired) electrons. The summed E-state index contributed by atoms with van der Waals surface area (Å²) in [4.78, 5) is 18.3. The molecular formula is C16H24N4O. The van der Waals surface area contributed by atoms with Crippen LogP contribution in [0.2, 0.25) is 0 Å². The van der Waals surface area contributed by atoms with Gasteiger partial charge in [-0.05, 0) is 45.1 Å². The number of rotatable bonds is 6. The first kappa shape index (κ1) is 15.5. The van der Waals surface area contributed by atoms with Crippen LogP contribution in [0.3, 0.4) is 0 Å². The van der Waals surface area contributed by atoms with Crippen molar-refractivity contribution in [3.63, 3.8) is 0 Å². The Bertz CT molecular complexity index is 613. The quantitative estimate of drug-likeness (QED) is 0.621. The molecule has 1 aromatic rings. The lowest BCUT2D eigenvalue weighted by atomic mass is 10.0. The number of aryl methyl sites for hydroxylation is 1. The number of H-pyrrole nitrogens is 1. The van der Waals surface area contributed by atoms with Gasteiger partial charge in [0, 0.05) is 11.8 Å². The molecule has 0 spiro atoms. The van der Waals surface area contributed by atoms with Crippen molar-refractivity contribution in [3.8, 4) is 0 Å². The standard InChI is InChI=1S/C16H24N4O/c1-4-5-6-7-13-11(2)8-9-14(13)19-20-16-17-12(3)10-15(21)18-16/h10H,4-9H2,1-3H3,(H2,17,18,20,21). The van der Waals surface area contributed by atoms with Crippen molar-refractivity contribution in [1.82, 2.24) is 9.97 Å². The van der Waals surface area contributed by atoms with Crippen molar-refractivity contribution >= 4 is 11.7 Å². The molecule has 1 heterocycles. The molecule has 0 fully saturated rings. The third-order valence-corrected chi connectivity index (χ3v) is 3.80. The molecule has 5 nitrogen and oxygen atoms in total. The van der Waals surface area contributed by atoms with Gasteiger partial charge < -0.3 is 0 Å². The number of unbranched alkanes of at least 4 members (excludes halogenated alkanes) is 2. The Balaban J connectivity index is 2.07. The zero-order valence-corrected chi connectivity index (χ0v) is 13.1. The lowest BCUT2D eigenvalue weighted by Gasteiger charge is -2.07. The van der Waals surface area contributed by atoms with Crippen LogP contribution in [0.4, 0.5) is 5.95 Å². The van der Waals surface area contributed by atoms with E-state index in [9.17, 15) is 4.79 Å². The number of nitrogens with zero attached hydrogens (tertiary/aromatic N) is 2. The molecule has 5 heteroatoms. The second kappa shape index (κ2) is 7.20. The Morgan fingerprint density at radius 1 is 1.33 bits per heavy atom. The van der Waals surface area contributed by atoms with Crippen LogP contribution < -0.4 is 11.0 Å². The van der Waals surface area contributed by atoms with Crippen LogP contribution >= 0.6 is 0 Å². The van der Waals surface area contributed by atoms with E-state index in [1.165, 1.54) is 36.5 Å². The first-order chi connectivity index (χ1) is 10.1. The zero-order valence-electron chi connectivity index (χ0n) is 13.1. The van der Waals surface area contributed by atoms with Gasteiger partial charge in [-0.2, -0.15) is 5.10 Å². The van der Waals surface area contributed by atoms with Gasteiger partial charge >= 0.3 is 0 Å². The summed E-state index contributed by atoms with van der Waals surface area (Å²) in [7, 11) is 0. The molecule has 0 aliphatic heterocycles. The van der Waals surface area contributed by atoms with E-state index in [-0.39, 0.29) is 5.56 Å². The molecule has 0 bridgehead atoms. The van der Waals surface area contributed by atoms with Crippen molar-refractivity contribution in [2.24, 2.45) is 5.10 Å². The largest absolute Gasteiger partial charge is 0.291 e. The van der Waals surface area contributed by atoms with E-state index in [1.807, 2.05) is 0 Å². The molecule has 2 rings (SSSR count). The van der Waals surface area contributed by atoms with Gasteiger partial charge in [-0.1, -0.05) is 25.3 Å². The Morgan fingerprint density at radius 3 is 2.86 bits per heavy atom. The number of aromatic amines is 1. The van der Waals surface area contributed by atoms with Crippen LogP contribution in [0.15, 0.2) is 27.1 Å². The van der Waals surface area contributed by atoms with Gasteiger partial charge in [0.15, 0.2) is 0 Å². The van der Waals surface area contributed by atoms with Crippen LogP contribution in [0.1, 0.15) is 58.1 Å². The van der Waals surface area contributed by atoms with Crippen molar-refractivity contribution in [1.29, 1.82) is 0 Å². The molecule has 0 unspecified atom stereocenters. The number of nitrogens with one attached hydrogen (secondary N) is 2. The van der Waals surface area contributed by atoms with Crippen LogP contribution in [0.25, 0.3) is 0 Å². The minimum Gasteiger partial charge on any atom is -0.291 e. The fourth-order valence-electron chi connectivity index (χ4n) is 2.64. The third kappa shape index (κ3) is 4.28. The van der Waals surface area contributed by atoms with Gasteiger partial charge in [-0.25, -0.2) is 10.4 Å². The second-order valence-electron chi connectivity index (χ2n) is 5.62. The molecule has 0 saturated carbocycles. The molecule has 21 heavy (non-hydrogen) atoms. The number of aromatic nitrogens is 2. The summed E-state index contributed by atoms with van der Waals surface area (Å²) in [6, 6.07) is 1.47. The lowest BCUT2D eigenvalue weighted by Crippen LogP contribution is -2.11.